The highest BCUT2D eigenvalue weighted by molar-refractivity contribution is 7.89. The van der Waals surface area contributed by atoms with Gasteiger partial charge in [0.15, 0.2) is 0 Å². The fourth-order valence-electron chi connectivity index (χ4n) is 2.35. The molecule has 0 fully saturated rings. The highest BCUT2D eigenvalue weighted by Gasteiger charge is 2.32. The molecule has 0 amide bonds. The van der Waals surface area contributed by atoms with Crippen molar-refractivity contribution in [2.24, 2.45) is 12.5 Å². The molecule has 7 heteroatoms. The van der Waals surface area contributed by atoms with Gasteiger partial charge >= 0.3 is 0 Å². The Labute approximate surface area is 120 Å². The van der Waals surface area contributed by atoms with Gasteiger partial charge in [-0.3, -0.25) is 0 Å². The number of sulfonamides is 1. The largest absolute Gasteiger partial charge is 0.324 e. The van der Waals surface area contributed by atoms with E-state index in [9.17, 15) is 8.42 Å². The number of aromatic nitrogens is 2. The Kier molecular flexibility index (Phi) is 4.39. The molecular formula is C12H22ClN3O2S. The normalized spacial score (nSPS) is 13.8. The van der Waals surface area contributed by atoms with Gasteiger partial charge in [-0.2, -0.15) is 0 Å². The minimum Gasteiger partial charge on any atom is -0.324 e. The third-order valence-corrected chi connectivity index (χ3v) is 4.66. The maximum atomic E-state index is 12.3. The summed E-state index contributed by atoms with van der Waals surface area (Å²) in [5, 5.41) is -0.0160. The Morgan fingerprint density at radius 1 is 1.32 bits per heavy atom. The molecule has 0 saturated carbocycles. The molecule has 1 heterocycles. The molecule has 0 unspecified atom stereocenters. The van der Waals surface area contributed by atoms with Crippen molar-refractivity contribution in [3.8, 4) is 0 Å². The molecule has 0 aliphatic rings. The van der Waals surface area contributed by atoms with Gasteiger partial charge < -0.3 is 4.57 Å². The Balaban J connectivity index is 3.01. The lowest BCUT2D eigenvalue weighted by Crippen LogP contribution is -2.45. The summed E-state index contributed by atoms with van der Waals surface area (Å²) in [6, 6.07) is 0. The topological polar surface area (TPSA) is 64.0 Å². The number of imidazole rings is 1. The standard InChI is InChI=1S/C12H22ClN3O2S/c1-11(2,3)7-12(4,5)15-19(17,18)10-9(13)16(6)8-14-10/h8,15H,7H2,1-6H3. The van der Waals surface area contributed by atoms with Crippen LogP contribution < -0.4 is 4.72 Å². The molecule has 1 rings (SSSR count). The lowest BCUT2D eigenvalue weighted by Gasteiger charge is -2.32. The SMILES string of the molecule is Cn1cnc(S(=O)(=O)NC(C)(C)CC(C)(C)C)c1Cl. The van der Waals surface area contributed by atoms with Crippen molar-refractivity contribution in [1.29, 1.82) is 0 Å². The van der Waals surface area contributed by atoms with Crippen LogP contribution in [0.25, 0.3) is 0 Å². The van der Waals surface area contributed by atoms with Crippen LogP contribution in [0.1, 0.15) is 41.0 Å². The van der Waals surface area contributed by atoms with Gasteiger partial charge in [-0.15, -0.1) is 0 Å². The third kappa shape index (κ3) is 4.47. The summed E-state index contributed by atoms with van der Waals surface area (Å²) in [4.78, 5) is 3.85. The molecule has 0 saturated heterocycles. The Morgan fingerprint density at radius 2 is 1.84 bits per heavy atom. The third-order valence-electron chi connectivity index (χ3n) is 2.47. The van der Waals surface area contributed by atoms with Crippen molar-refractivity contribution in [1.82, 2.24) is 14.3 Å². The lowest BCUT2D eigenvalue weighted by atomic mass is 9.82. The van der Waals surface area contributed by atoms with Gasteiger partial charge in [0, 0.05) is 12.6 Å². The summed E-state index contributed by atoms with van der Waals surface area (Å²) in [5.74, 6) is 0. The lowest BCUT2D eigenvalue weighted by molar-refractivity contribution is 0.269. The summed E-state index contributed by atoms with van der Waals surface area (Å²) in [5.41, 5.74) is -0.558. The van der Waals surface area contributed by atoms with Crippen LogP contribution in [0, 0.1) is 5.41 Å². The van der Waals surface area contributed by atoms with Gasteiger partial charge in [-0.05, 0) is 25.7 Å². The van der Waals surface area contributed by atoms with E-state index in [0.29, 0.717) is 6.42 Å². The first-order chi connectivity index (χ1) is 8.34. The molecule has 110 valence electrons. The second kappa shape index (κ2) is 5.07. The predicted molar refractivity (Wildman–Crippen MR) is 76.7 cm³/mol. The van der Waals surface area contributed by atoms with Crippen molar-refractivity contribution < 1.29 is 8.42 Å². The van der Waals surface area contributed by atoms with Gasteiger partial charge in [0.25, 0.3) is 10.0 Å². The minimum absolute atomic E-state index is 0.0138. The van der Waals surface area contributed by atoms with E-state index >= 15 is 0 Å². The minimum atomic E-state index is -3.71. The zero-order chi connectivity index (χ0) is 15.1. The number of hydrogen-bond acceptors (Lipinski definition) is 3. The van der Waals surface area contributed by atoms with Gasteiger partial charge in [-0.25, -0.2) is 18.1 Å². The fourth-order valence-corrected chi connectivity index (χ4v) is 4.19. The number of nitrogens with one attached hydrogen (secondary N) is 1. The maximum absolute atomic E-state index is 12.3. The molecular weight excluding hydrogens is 286 g/mol. The summed E-state index contributed by atoms with van der Waals surface area (Å²) < 4.78 is 28.7. The van der Waals surface area contributed by atoms with Crippen molar-refractivity contribution in [2.75, 3.05) is 0 Å². The Morgan fingerprint density at radius 3 is 2.21 bits per heavy atom. The molecule has 0 aliphatic heterocycles. The van der Waals surface area contributed by atoms with Crippen LogP contribution in [0.3, 0.4) is 0 Å². The van der Waals surface area contributed by atoms with E-state index in [-0.39, 0.29) is 15.6 Å². The second-order valence-electron chi connectivity index (χ2n) is 6.68. The summed E-state index contributed by atoms with van der Waals surface area (Å²) in [7, 11) is -2.07. The van der Waals surface area contributed by atoms with Crippen molar-refractivity contribution in [2.45, 2.75) is 51.6 Å². The van der Waals surface area contributed by atoms with E-state index < -0.39 is 15.6 Å². The maximum Gasteiger partial charge on any atom is 0.261 e. The van der Waals surface area contributed by atoms with Crippen molar-refractivity contribution in [3.63, 3.8) is 0 Å². The zero-order valence-electron chi connectivity index (χ0n) is 12.3. The van der Waals surface area contributed by atoms with E-state index in [1.807, 2.05) is 13.8 Å². The van der Waals surface area contributed by atoms with Gasteiger partial charge in [-0.1, -0.05) is 32.4 Å². The molecule has 0 atom stereocenters. The van der Waals surface area contributed by atoms with E-state index in [0.717, 1.165) is 0 Å². The van der Waals surface area contributed by atoms with E-state index in [1.165, 1.54) is 10.9 Å². The average Bonchev–Trinajstić information content (AvgIpc) is 2.40. The molecule has 0 bridgehead atoms. The number of rotatable bonds is 4. The van der Waals surface area contributed by atoms with Crippen LogP contribution >= 0.6 is 11.6 Å². The van der Waals surface area contributed by atoms with Gasteiger partial charge in [0.2, 0.25) is 5.03 Å². The molecule has 0 aliphatic carbocycles. The summed E-state index contributed by atoms with van der Waals surface area (Å²) in [6.07, 6.45) is 2.08. The number of halogens is 1. The smallest absolute Gasteiger partial charge is 0.261 e. The van der Waals surface area contributed by atoms with Gasteiger partial charge in [0.1, 0.15) is 5.15 Å². The zero-order valence-corrected chi connectivity index (χ0v) is 13.9. The van der Waals surface area contributed by atoms with Crippen LogP contribution in [-0.4, -0.2) is 23.5 Å². The van der Waals surface area contributed by atoms with Crippen molar-refractivity contribution in [3.05, 3.63) is 11.5 Å². The molecule has 0 spiro atoms. The quantitative estimate of drug-likeness (QED) is 0.930. The number of aryl methyl sites for hydroxylation is 1. The van der Waals surface area contributed by atoms with Crippen LogP contribution in [-0.2, 0) is 17.1 Å². The first-order valence-electron chi connectivity index (χ1n) is 6.05. The number of nitrogens with zero attached hydrogens (tertiary/aromatic N) is 2. The van der Waals surface area contributed by atoms with E-state index in [4.69, 9.17) is 11.6 Å². The van der Waals surface area contributed by atoms with E-state index in [1.54, 1.807) is 7.05 Å². The molecule has 1 N–H and O–H groups in total. The Hall–Kier alpha value is -0.590. The monoisotopic (exact) mass is 307 g/mol. The van der Waals surface area contributed by atoms with Crippen LogP contribution in [0.4, 0.5) is 0 Å². The molecule has 0 aromatic carbocycles. The molecule has 5 nitrogen and oxygen atoms in total. The van der Waals surface area contributed by atoms with Crippen LogP contribution in [0.5, 0.6) is 0 Å². The Bertz CT molecular complexity index is 556. The first kappa shape index (κ1) is 16.5. The van der Waals surface area contributed by atoms with Crippen LogP contribution in [0.15, 0.2) is 11.4 Å². The highest BCUT2D eigenvalue weighted by atomic mass is 35.5. The molecule has 1 aromatic rings. The average molecular weight is 308 g/mol. The second-order valence-corrected chi connectivity index (χ2v) is 8.63. The summed E-state index contributed by atoms with van der Waals surface area (Å²) >= 11 is 5.94. The first-order valence-corrected chi connectivity index (χ1v) is 7.91. The highest BCUT2D eigenvalue weighted by Crippen LogP contribution is 2.29. The molecule has 1 aromatic heterocycles. The van der Waals surface area contributed by atoms with E-state index in [2.05, 4.69) is 30.5 Å². The summed E-state index contributed by atoms with van der Waals surface area (Å²) in [6.45, 7) is 9.91. The van der Waals surface area contributed by atoms with Crippen LogP contribution in [0.2, 0.25) is 5.15 Å². The van der Waals surface area contributed by atoms with Gasteiger partial charge in [0.05, 0.1) is 6.33 Å². The fraction of sp³-hybridized carbons (Fsp3) is 0.750. The predicted octanol–water partition coefficient (Wildman–Crippen LogP) is 2.57. The van der Waals surface area contributed by atoms with Crippen molar-refractivity contribution >= 4 is 21.6 Å². The number of hydrogen-bond donors (Lipinski definition) is 1. The molecule has 0 radical (unpaired) electrons. The molecule has 19 heavy (non-hydrogen) atoms.